The molecule has 2 heterocycles. The first-order valence-electron chi connectivity index (χ1n) is 11.6. The average molecular weight is 558 g/mol. The van der Waals surface area contributed by atoms with Crippen LogP contribution in [0.1, 0.15) is 52.2 Å². The number of rotatable bonds is 6. The maximum absolute atomic E-state index is 14.1. The van der Waals surface area contributed by atoms with E-state index in [1.54, 1.807) is 39.6 Å². The summed E-state index contributed by atoms with van der Waals surface area (Å²) in [6, 6.07) is 2.25. The summed E-state index contributed by atoms with van der Waals surface area (Å²) in [7, 11) is 1.67. The molecule has 10 nitrogen and oxygen atoms in total. The zero-order valence-corrected chi connectivity index (χ0v) is 22.6. The fourth-order valence-corrected chi connectivity index (χ4v) is 4.38. The van der Waals surface area contributed by atoms with Gasteiger partial charge in [-0.1, -0.05) is 23.2 Å². The van der Waals surface area contributed by atoms with Gasteiger partial charge in [-0.15, -0.1) is 0 Å². The minimum Gasteiger partial charge on any atom is -0.482 e. The van der Waals surface area contributed by atoms with Crippen molar-refractivity contribution in [1.29, 1.82) is 0 Å². The van der Waals surface area contributed by atoms with Gasteiger partial charge in [0, 0.05) is 42.7 Å². The van der Waals surface area contributed by atoms with E-state index in [1.165, 1.54) is 12.1 Å². The van der Waals surface area contributed by atoms with E-state index >= 15 is 0 Å². The second-order valence-corrected chi connectivity index (χ2v) is 10.5. The molecule has 0 saturated carbocycles. The number of ether oxygens (including phenoxy) is 2. The smallest absolute Gasteiger partial charge is 0.413 e. The van der Waals surface area contributed by atoms with Crippen molar-refractivity contribution in [3.05, 3.63) is 56.9 Å². The van der Waals surface area contributed by atoms with Crippen molar-refractivity contribution in [3.63, 3.8) is 0 Å². The van der Waals surface area contributed by atoms with Crippen LogP contribution in [0.15, 0.2) is 35.5 Å². The summed E-state index contributed by atoms with van der Waals surface area (Å²) in [5.74, 6) is -1.04. The molecule has 4 N–H and O–H groups in total. The minimum atomic E-state index is -0.875. The lowest BCUT2D eigenvalue weighted by molar-refractivity contribution is -0.133. The molecule has 202 valence electrons. The van der Waals surface area contributed by atoms with Gasteiger partial charge in [0.15, 0.2) is 11.6 Å². The molecular weight excluding hydrogens is 528 g/mol. The number of carbonyl (C=O) groups excluding carboxylic acids is 3. The lowest BCUT2D eigenvalue weighted by Gasteiger charge is -2.31. The highest BCUT2D eigenvalue weighted by Gasteiger charge is 2.29. The zero-order valence-electron chi connectivity index (χ0n) is 21.1. The summed E-state index contributed by atoms with van der Waals surface area (Å²) in [6.07, 6.45) is 0.557. The first-order chi connectivity index (χ1) is 17.2. The van der Waals surface area contributed by atoms with Crippen LogP contribution in [0.2, 0.25) is 10.0 Å². The lowest BCUT2D eigenvalue weighted by atomic mass is 10.1. The number of benzene rings is 1. The topological polar surface area (TPSA) is 121 Å². The Bertz CT molecular complexity index is 1150. The third-order valence-electron chi connectivity index (χ3n) is 5.47. The Morgan fingerprint density at radius 2 is 1.95 bits per heavy atom. The molecule has 0 spiro atoms. The molecule has 2 unspecified atom stereocenters. The first kappa shape index (κ1) is 28.4. The van der Waals surface area contributed by atoms with Crippen LogP contribution in [0.25, 0.3) is 0 Å². The van der Waals surface area contributed by atoms with E-state index in [2.05, 4.69) is 21.5 Å². The highest BCUT2D eigenvalue weighted by molar-refractivity contribution is 6.36. The highest BCUT2D eigenvalue weighted by atomic mass is 35.5. The zero-order chi connectivity index (χ0) is 27.5. The normalized spacial score (nSPS) is 18.8. The van der Waals surface area contributed by atoms with Gasteiger partial charge >= 0.3 is 6.09 Å². The van der Waals surface area contributed by atoms with Crippen molar-refractivity contribution >= 4 is 41.1 Å². The molecule has 0 bridgehead atoms. The average Bonchev–Trinajstić information content (AvgIpc) is 2.79. The quantitative estimate of drug-likeness (QED) is 0.394. The number of halogens is 3. The van der Waals surface area contributed by atoms with E-state index in [1.807, 2.05) is 0 Å². The van der Waals surface area contributed by atoms with Crippen molar-refractivity contribution in [2.45, 2.75) is 58.3 Å². The van der Waals surface area contributed by atoms with Gasteiger partial charge in [0.2, 0.25) is 5.91 Å². The summed E-state index contributed by atoms with van der Waals surface area (Å²) < 4.78 is 25.4. The molecule has 2 atom stereocenters. The summed E-state index contributed by atoms with van der Waals surface area (Å²) in [4.78, 5) is 38.7. The van der Waals surface area contributed by atoms with Crippen molar-refractivity contribution in [1.82, 2.24) is 26.4 Å². The van der Waals surface area contributed by atoms with E-state index in [9.17, 15) is 18.8 Å². The van der Waals surface area contributed by atoms with Gasteiger partial charge < -0.3 is 19.7 Å². The molecule has 1 aromatic rings. The van der Waals surface area contributed by atoms with Crippen LogP contribution in [0.4, 0.5) is 9.18 Å². The van der Waals surface area contributed by atoms with Gasteiger partial charge in [-0.25, -0.2) is 9.18 Å². The Hall–Kier alpha value is -3.18. The van der Waals surface area contributed by atoms with Crippen molar-refractivity contribution in [2.75, 3.05) is 13.6 Å². The number of piperidine rings is 1. The predicted octanol–water partition coefficient (Wildman–Crippen LogP) is 3.63. The number of likely N-dealkylation sites (tertiary alicyclic amines) is 1. The molecular formula is C24H30Cl2FN5O5. The van der Waals surface area contributed by atoms with Crippen LogP contribution in [0.3, 0.4) is 0 Å². The van der Waals surface area contributed by atoms with Gasteiger partial charge in [0.25, 0.3) is 5.91 Å². The maximum atomic E-state index is 14.1. The molecule has 1 saturated heterocycles. The number of carbonyl (C=O) groups is 3. The number of alkyl carbamates (subject to hydrolysis) is 1. The number of nitrogens with zero attached hydrogens (tertiary/aromatic N) is 1. The molecule has 1 aromatic carbocycles. The Morgan fingerprint density at radius 1 is 1.24 bits per heavy atom. The molecule has 3 rings (SSSR count). The van der Waals surface area contributed by atoms with Crippen LogP contribution in [0, 0.1) is 5.82 Å². The molecule has 13 heteroatoms. The van der Waals surface area contributed by atoms with Crippen molar-refractivity contribution < 1.29 is 28.2 Å². The predicted molar refractivity (Wildman–Crippen MR) is 135 cm³/mol. The Kier molecular flexibility index (Phi) is 8.80. The van der Waals surface area contributed by atoms with Crippen molar-refractivity contribution in [2.24, 2.45) is 0 Å². The number of allylic oxidation sites excluding steroid dienone is 1. The second-order valence-electron chi connectivity index (χ2n) is 9.67. The number of nitrogens with one attached hydrogen (secondary N) is 4. The third-order valence-corrected chi connectivity index (χ3v) is 6.18. The number of amides is 3. The number of hydrogen-bond acceptors (Lipinski definition) is 7. The molecule has 0 aromatic heterocycles. The van der Waals surface area contributed by atoms with Gasteiger partial charge in [0.1, 0.15) is 23.2 Å². The molecule has 1 fully saturated rings. The van der Waals surface area contributed by atoms with E-state index in [0.717, 1.165) is 6.07 Å². The third kappa shape index (κ3) is 7.42. The van der Waals surface area contributed by atoms with E-state index < -0.39 is 29.5 Å². The monoisotopic (exact) mass is 557 g/mol. The Morgan fingerprint density at radius 3 is 2.59 bits per heavy atom. The van der Waals surface area contributed by atoms with Crippen LogP contribution in [-0.4, -0.2) is 48.0 Å². The number of likely N-dealkylation sites (N-methyl/N-ethyl adjacent to an activating group) is 1. The van der Waals surface area contributed by atoms with Crippen LogP contribution < -0.4 is 21.5 Å². The summed E-state index contributed by atoms with van der Waals surface area (Å²) in [6.45, 7) is 7.09. The summed E-state index contributed by atoms with van der Waals surface area (Å²) in [5.41, 5.74) is 4.95. The maximum Gasteiger partial charge on any atom is 0.413 e. The Labute approximate surface area is 224 Å². The second kappa shape index (κ2) is 11.5. The number of hydrazine groups is 1. The van der Waals surface area contributed by atoms with E-state index in [0.29, 0.717) is 19.4 Å². The van der Waals surface area contributed by atoms with E-state index in [4.69, 9.17) is 32.7 Å². The van der Waals surface area contributed by atoms with Crippen molar-refractivity contribution in [3.8, 4) is 0 Å². The molecule has 37 heavy (non-hydrogen) atoms. The van der Waals surface area contributed by atoms with E-state index in [-0.39, 0.29) is 44.8 Å². The first-order valence-corrected chi connectivity index (χ1v) is 12.3. The van der Waals surface area contributed by atoms with Gasteiger partial charge in [-0.2, -0.15) is 0 Å². The standard InChI is InChI=1S/C24H30Cl2FN5O5/c1-12(19-14(25)7-8-15(27)20(19)26)36-17-10-16(22(34)28-13-6-9-18(33)32(5)11-13)30-31-21(17)29-23(35)37-24(2,3)4/h7-8,10,12-13,30-31H,6,9,11H2,1-5H3,(H,28,34)(H,29,35). The van der Waals surface area contributed by atoms with Crippen LogP contribution in [0.5, 0.6) is 0 Å². The molecule has 2 aliphatic heterocycles. The number of hydrogen-bond donors (Lipinski definition) is 4. The van der Waals surface area contributed by atoms with Gasteiger partial charge in [0.05, 0.1) is 5.02 Å². The van der Waals surface area contributed by atoms with Crippen LogP contribution >= 0.6 is 23.2 Å². The fourth-order valence-electron chi connectivity index (χ4n) is 3.70. The minimum absolute atomic E-state index is 0.0160. The lowest BCUT2D eigenvalue weighted by Crippen LogP contribution is -2.52. The van der Waals surface area contributed by atoms with Gasteiger partial charge in [-0.3, -0.25) is 25.8 Å². The summed E-state index contributed by atoms with van der Waals surface area (Å²) >= 11 is 12.4. The molecule has 0 radical (unpaired) electrons. The Balaban J connectivity index is 1.87. The summed E-state index contributed by atoms with van der Waals surface area (Å²) in [5, 5.41) is 5.38. The highest BCUT2D eigenvalue weighted by Crippen LogP contribution is 2.35. The van der Waals surface area contributed by atoms with Gasteiger partial charge in [-0.05, 0) is 46.2 Å². The fraction of sp³-hybridized carbons (Fsp3) is 0.458. The molecule has 0 aliphatic carbocycles. The largest absolute Gasteiger partial charge is 0.482 e. The molecule has 2 aliphatic rings. The molecule has 3 amide bonds. The van der Waals surface area contributed by atoms with Crippen LogP contribution in [-0.2, 0) is 19.1 Å². The SMILES string of the molecule is CC(OC1=C(NC(=O)OC(C)(C)C)NNC(C(=O)NC2CCC(=O)N(C)C2)=C1)c1c(Cl)ccc(F)c1Cl.